The molecule has 23 heavy (non-hydrogen) atoms. The highest BCUT2D eigenvalue weighted by atomic mass is 16.2. The number of rotatable bonds is 15. The first-order valence-electron chi connectivity index (χ1n) is 9.54. The average Bonchev–Trinajstić information content (AvgIpc) is 2.49. The Hall–Kier alpha value is -0.610. The van der Waals surface area contributed by atoms with Gasteiger partial charge in [-0.15, -0.1) is 0 Å². The van der Waals surface area contributed by atoms with Crippen molar-refractivity contribution in [1.29, 1.82) is 0 Å². The van der Waals surface area contributed by atoms with Crippen molar-refractivity contribution in [1.82, 2.24) is 14.7 Å². The largest absolute Gasteiger partial charge is 0.343 e. The van der Waals surface area contributed by atoms with Crippen LogP contribution >= 0.6 is 0 Å². The maximum Gasteiger partial charge on any atom is 0.222 e. The minimum atomic E-state index is 0.371. The second-order valence-corrected chi connectivity index (χ2v) is 7.21. The lowest BCUT2D eigenvalue weighted by molar-refractivity contribution is -0.131. The van der Waals surface area contributed by atoms with Gasteiger partial charge in [-0.3, -0.25) is 4.79 Å². The average molecular weight is 328 g/mol. The van der Waals surface area contributed by atoms with Crippen LogP contribution in [0.1, 0.15) is 64.7 Å². The van der Waals surface area contributed by atoms with Gasteiger partial charge in [0.15, 0.2) is 0 Å². The number of carbonyl (C=O) groups excluding carboxylic acids is 1. The molecule has 0 spiro atoms. The summed E-state index contributed by atoms with van der Waals surface area (Å²) in [5, 5.41) is 0. The van der Waals surface area contributed by atoms with Gasteiger partial charge in [-0.05, 0) is 73.4 Å². The molecule has 138 valence electrons. The normalized spacial score (nSPS) is 11.4. The Morgan fingerprint density at radius 2 is 1.13 bits per heavy atom. The lowest BCUT2D eigenvalue weighted by Gasteiger charge is -2.23. The Morgan fingerprint density at radius 1 is 0.652 bits per heavy atom. The van der Waals surface area contributed by atoms with Gasteiger partial charge in [0.1, 0.15) is 0 Å². The Labute approximate surface area is 145 Å². The van der Waals surface area contributed by atoms with Gasteiger partial charge < -0.3 is 14.7 Å². The monoisotopic (exact) mass is 327 g/mol. The first-order valence-corrected chi connectivity index (χ1v) is 9.54. The number of hydrogen-bond acceptors (Lipinski definition) is 3. The van der Waals surface area contributed by atoms with E-state index in [2.05, 4.69) is 49.8 Å². The minimum Gasteiger partial charge on any atom is -0.343 e. The third-order valence-corrected chi connectivity index (χ3v) is 4.16. The molecular weight excluding hydrogens is 286 g/mol. The van der Waals surface area contributed by atoms with Crippen LogP contribution in [-0.4, -0.2) is 75.0 Å². The minimum absolute atomic E-state index is 0.371. The van der Waals surface area contributed by atoms with Gasteiger partial charge in [-0.1, -0.05) is 26.2 Å². The smallest absolute Gasteiger partial charge is 0.222 e. The van der Waals surface area contributed by atoms with Crippen LogP contribution in [0.3, 0.4) is 0 Å². The van der Waals surface area contributed by atoms with Gasteiger partial charge in [0.2, 0.25) is 5.91 Å². The summed E-state index contributed by atoms with van der Waals surface area (Å²) >= 11 is 0. The molecule has 0 aromatic carbocycles. The SMILES string of the molecule is CCCCCCC(=O)N(CCCCN(C)C)CCCCN(C)C. The second-order valence-electron chi connectivity index (χ2n) is 7.21. The number of amides is 1. The summed E-state index contributed by atoms with van der Waals surface area (Å²) in [5.41, 5.74) is 0. The molecule has 0 saturated carbocycles. The molecule has 1 amide bonds. The first kappa shape index (κ1) is 22.4. The van der Waals surface area contributed by atoms with Crippen LogP contribution < -0.4 is 0 Å². The summed E-state index contributed by atoms with van der Waals surface area (Å²) < 4.78 is 0. The quantitative estimate of drug-likeness (QED) is 0.431. The van der Waals surface area contributed by atoms with Crippen molar-refractivity contribution in [3.8, 4) is 0 Å². The molecule has 0 heterocycles. The van der Waals surface area contributed by atoms with E-state index < -0.39 is 0 Å². The molecule has 0 aliphatic carbocycles. The number of hydrogen-bond donors (Lipinski definition) is 0. The van der Waals surface area contributed by atoms with Crippen LogP contribution in [0.25, 0.3) is 0 Å². The molecule has 0 bridgehead atoms. The van der Waals surface area contributed by atoms with Gasteiger partial charge in [0, 0.05) is 19.5 Å². The standard InChI is InChI=1S/C19H41N3O/c1-6-7-8-9-14-19(23)22(17-12-10-15-20(2)3)18-13-11-16-21(4)5/h6-18H2,1-5H3. The molecule has 4 nitrogen and oxygen atoms in total. The lowest BCUT2D eigenvalue weighted by Crippen LogP contribution is -2.33. The first-order chi connectivity index (χ1) is 11.0. The van der Waals surface area contributed by atoms with Gasteiger partial charge >= 0.3 is 0 Å². The zero-order valence-electron chi connectivity index (χ0n) is 16.4. The van der Waals surface area contributed by atoms with E-state index in [1.165, 1.54) is 32.1 Å². The highest BCUT2D eigenvalue weighted by Crippen LogP contribution is 2.08. The molecule has 0 N–H and O–H groups in total. The molecule has 0 rings (SSSR count). The maximum absolute atomic E-state index is 12.5. The Kier molecular flexibility index (Phi) is 14.6. The van der Waals surface area contributed by atoms with Crippen LogP contribution in [-0.2, 0) is 4.79 Å². The highest BCUT2D eigenvalue weighted by molar-refractivity contribution is 5.76. The molecule has 0 aromatic heterocycles. The van der Waals surface area contributed by atoms with Crippen LogP contribution in [0, 0.1) is 0 Å². The number of unbranched alkanes of at least 4 members (excludes halogenated alkanes) is 5. The summed E-state index contributed by atoms with van der Waals surface area (Å²) in [7, 11) is 8.44. The van der Waals surface area contributed by atoms with Crippen molar-refractivity contribution in [2.75, 3.05) is 54.4 Å². The van der Waals surface area contributed by atoms with Gasteiger partial charge in [0.05, 0.1) is 0 Å². The number of nitrogens with zero attached hydrogens (tertiary/aromatic N) is 3. The summed E-state index contributed by atoms with van der Waals surface area (Å²) in [4.78, 5) is 19.0. The summed E-state index contributed by atoms with van der Waals surface area (Å²) in [5.74, 6) is 0.371. The van der Waals surface area contributed by atoms with E-state index in [-0.39, 0.29) is 0 Å². The molecule has 0 radical (unpaired) electrons. The molecule has 0 fully saturated rings. The predicted octanol–water partition coefficient (Wildman–Crippen LogP) is 3.47. The Balaban J connectivity index is 4.10. The molecule has 0 aliphatic rings. The van der Waals surface area contributed by atoms with E-state index in [9.17, 15) is 4.79 Å². The summed E-state index contributed by atoms with van der Waals surface area (Å²) in [6.45, 7) is 6.30. The molecule has 0 saturated heterocycles. The maximum atomic E-state index is 12.5. The van der Waals surface area contributed by atoms with Crippen molar-refractivity contribution in [2.24, 2.45) is 0 Å². The van der Waals surface area contributed by atoms with Crippen molar-refractivity contribution in [2.45, 2.75) is 64.7 Å². The van der Waals surface area contributed by atoms with E-state index in [1.54, 1.807) is 0 Å². The van der Waals surface area contributed by atoms with Crippen molar-refractivity contribution >= 4 is 5.91 Å². The zero-order chi connectivity index (χ0) is 17.5. The lowest BCUT2D eigenvalue weighted by atomic mass is 10.1. The third kappa shape index (κ3) is 14.7. The fourth-order valence-corrected chi connectivity index (χ4v) is 2.68. The van der Waals surface area contributed by atoms with E-state index in [0.29, 0.717) is 5.91 Å². The van der Waals surface area contributed by atoms with Gasteiger partial charge in [0.25, 0.3) is 0 Å². The number of carbonyl (C=O) groups is 1. The molecular formula is C19H41N3O. The molecule has 0 aliphatic heterocycles. The van der Waals surface area contributed by atoms with E-state index in [4.69, 9.17) is 0 Å². The predicted molar refractivity (Wildman–Crippen MR) is 101 cm³/mol. The fourth-order valence-electron chi connectivity index (χ4n) is 2.68. The van der Waals surface area contributed by atoms with Crippen molar-refractivity contribution < 1.29 is 4.79 Å². The van der Waals surface area contributed by atoms with Crippen molar-refractivity contribution in [3.63, 3.8) is 0 Å². The Bertz CT molecular complexity index is 264. The highest BCUT2D eigenvalue weighted by Gasteiger charge is 2.12. The van der Waals surface area contributed by atoms with Gasteiger partial charge in [-0.25, -0.2) is 0 Å². The van der Waals surface area contributed by atoms with E-state index in [1.807, 2.05) is 0 Å². The van der Waals surface area contributed by atoms with Crippen LogP contribution in [0.4, 0.5) is 0 Å². The van der Waals surface area contributed by atoms with E-state index >= 15 is 0 Å². The summed E-state index contributed by atoms with van der Waals surface area (Å²) in [6.07, 6.45) is 10.0. The topological polar surface area (TPSA) is 26.8 Å². The van der Waals surface area contributed by atoms with Gasteiger partial charge in [-0.2, -0.15) is 0 Å². The van der Waals surface area contributed by atoms with Crippen molar-refractivity contribution in [3.05, 3.63) is 0 Å². The molecule has 0 aromatic rings. The Morgan fingerprint density at radius 3 is 1.57 bits per heavy atom. The fraction of sp³-hybridized carbons (Fsp3) is 0.947. The van der Waals surface area contributed by atoms with E-state index in [0.717, 1.165) is 51.9 Å². The molecule has 0 unspecified atom stereocenters. The van der Waals surface area contributed by atoms with Crippen LogP contribution in [0.15, 0.2) is 0 Å². The molecule has 0 atom stereocenters. The molecule has 4 heteroatoms. The van der Waals surface area contributed by atoms with Crippen LogP contribution in [0.2, 0.25) is 0 Å². The van der Waals surface area contributed by atoms with Crippen LogP contribution in [0.5, 0.6) is 0 Å². The summed E-state index contributed by atoms with van der Waals surface area (Å²) in [6, 6.07) is 0. The second kappa shape index (κ2) is 14.9. The third-order valence-electron chi connectivity index (χ3n) is 4.16. The zero-order valence-corrected chi connectivity index (χ0v) is 16.4.